The Bertz CT molecular complexity index is 387. The van der Waals surface area contributed by atoms with E-state index in [1.54, 1.807) is 18.9 Å². The summed E-state index contributed by atoms with van der Waals surface area (Å²) in [6.45, 7) is 4.88. The third-order valence-electron chi connectivity index (χ3n) is 2.90. The molecule has 0 saturated heterocycles. The number of benzene rings is 1. The first-order valence-electron chi connectivity index (χ1n) is 6.66. The van der Waals surface area contributed by atoms with Gasteiger partial charge in [0.1, 0.15) is 5.75 Å². The molecule has 0 heterocycles. The Morgan fingerprint density at radius 2 is 2.00 bits per heavy atom. The van der Waals surface area contributed by atoms with Gasteiger partial charge in [-0.2, -0.15) is 0 Å². The SMILES string of the molecule is CCOc1ccc(CC(=O)N(C)CCC(C)O)cc1. The summed E-state index contributed by atoms with van der Waals surface area (Å²) in [5.41, 5.74) is 0.970. The van der Waals surface area contributed by atoms with Gasteiger partial charge in [-0.25, -0.2) is 0 Å². The molecular formula is C15H23NO3. The average Bonchev–Trinajstić information content (AvgIpc) is 2.38. The van der Waals surface area contributed by atoms with E-state index in [0.717, 1.165) is 11.3 Å². The summed E-state index contributed by atoms with van der Waals surface area (Å²) in [4.78, 5) is 13.6. The number of hydrogen-bond acceptors (Lipinski definition) is 3. The topological polar surface area (TPSA) is 49.8 Å². The van der Waals surface area contributed by atoms with Gasteiger partial charge in [-0.1, -0.05) is 12.1 Å². The molecule has 1 N–H and O–H groups in total. The predicted octanol–water partition coefficient (Wildman–Crippen LogP) is 1.86. The van der Waals surface area contributed by atoms with Crippen molar-refractivity contribution in [3.63, 3.8) is 0 Å². The number of aliphatic hydroxyl groups excluding tert-OH is 1. The van der Waals surface area contributed by atoms with Gasteiger partial charge in [0, 0.05) is 13.6 Å². The van der Waals surface area contributed by atoms with E-state index in [4.69, 9.17) is 4.74 Å². The van der Waals surface area contributed by atoms with E-state index in [-0.39, 0.29) is 12.0 Å². The Morgan fingerprint density at radius 3 is 2.53 bits per heavy atom. The van der Waals surface area contributed by atoms with Crippen LogP contribution in [0.4, 0.5) is 0 Å². The van der Waals surface area contributed by atoms with Crippen LogP contribution >= 0.6 is 0 Å². The second-order valence-corrected chi connectivity index (χ2v) is 4.71. The van der Waals surface area contributed by atoms with Crippen LogP contribution in [0.5, 0.6) is 5.75 Å². The number of likely N-dealkylation sites (N-methyl/N-ethyl adjacent to an activating group) is 1. The summed E-state index contributed by atoms with van der Waals surface area (Å²) >= 11 is 0. The highest BCUT2D eigenvalue weighted by Gasteiger charge is 2.10. The highest BCUT2D eigenvalue weighted by Crippen LogP contribution is 2.13. The standard InChI is InChI=1S/C15H23NO3/c1-4-19-14-7-5-13(6-8-14)11-15(18)16(3)10-9-12(2)17/h5-8,12,17H,4,9-11H2,1-3H3. The molecule has 1 unspecified atom stereocenters. The van der Waals surface area contributed by atoms with Crippen LogP contribution in [0, 0.1) is 0 Å². The Balaban J connectivity index is 2.47. The fourth-order valence-corrected chi connectivity index (χ4v) is 1.68. The minimum Gasteiger partial charge on any atom is -0.494 e. The molecule has 0 fully saturated rings. The van der Waals surface area contributed by atoms with Gasteiger partial charge in [-0.15, -0.1) is 0 Å². The van der Waals surface area contributed by atoms with Crippen molar-refractivity contribution in [1.82, 2.24) is 4.90 Å². The predicted molar refractivity (Wildman–Crippen MR) is 75.2 cm³/mol. The Morgan fingerprint density at radius 1 is 1.37 bits per heavy atom. The van der Waals surface area contributed by atoms with Crippen LogP contribution in [-0.2, 0) is 11.2 Å². The first-order valence-corrected chi connectivity index (χ1v) is 6.66. The van der Waals surface area contributed by atoms with Crippen molar-refractivity contribution in [2.24, 2.45) is 0 Å². The second kappa shape index (κ2) is 7.79. The van der Waals surface area contributed by atoms with Crippen LogP contribution in [-0.4, -0.2) is 42.2 Å². The molecule has 0 radical (unpaired) electrons. The van der Waals surface area contributed by atoms with E-state index in [0.29, 0.717) is 26.0 Å². The maximum absolute atomic E-state index is 11.9. The molecule has 0 aliphatic rings. The van der Waals surface area contributed by atoms with Crippen LogP contribution < -0.4 is 4.74 Å². The Kier molecular flexibility index (Phi) is 6.36. The monoisotopic (exact) mass is 265 g/mol. The lowest BCUT2D eigenvalue weighted by atomic mass is 10.1. The van der Waals surface area contributed by atoms with Crippen LogP contribution in [0.2, 0.25) is 0 Å². The van der Waals surface area contributed by atoms with Gasteiger partial charge in [0.2, 0.25) is 5.91 Å². The number of amides is 1. The zero-order valence-electron chi connectivity index (χ0n) is 11.9. The molecule has 1 amide bonds. The lowest BCUT2D eigenvalue weighted by molar-refractivity contribution is -0.129. The van der Waals surface area contributed by atoms with Crippen molar-refractivity contribution in [1.29, 1.82) is 0 Å². The number of rotatable bonds is 7. The molecule has 1 aromatic carbocycles. The van der Waals surface area contributed by atoms with Crippen LogP contribution in [0.3, 0.4) is 0 Å². The van der Waals surface area contributed by atoms with E-state index in [1.165, 1.54) is 0 Å². The number of carbonyl (C=O) groups excluding carboxylic acids is 1. The van der Waals surface area contributed by atoms with E-state index < -0.39 is 0 Å². The van der Waals surface area contributed by atoms with Crippen LogP contribution in [0.25, 0.3) is 0 Å². The third kappa shape index (κ3) is 5.75. The number of carbonyl (C=O) groups is 1. The fourth-order valence-electron chi connectivity index (χ4n) is 1.68. The highest BCUT2D eigenvalue weighted by molar-refractivity contribution is 5.78. The van der Waals surface area contributed by atoms with Crippen molar-refractivity contribution >= 4 is 5.91 Å². The lowest BCUT2D eigenvalue weighted by Crippen LogP contribution is -2.30. The van der Waals surface area contributed by atoms with E-state index in [1.807, 2.05) is 31.2 Å². The molecule has 4 nitrogen and oxygen atoms in total. The molecule has 0 aliphatic heterocycles. The van der Waals surface area contributed by atoms with Crippen LogP contribution in [0.1, 0.15) is 25.8 Å². The third-order valence-corrected chi connectivity index (χ3v) is 2.90. The minimum absolute atomic E-state index is 0.0600. The molecule has 1 atom stereocenters. The van der Waals surface area contributed by atoms with Crippen molar-refractivity contribution in [3.8, 4) is 5.75 Å². The molecule has 0 aromatic heterocycles. The maximum atomic E-state index is 11.9. The second-order valence-electron chi connectivity index (χ2n) is 4.71. The largest absolute Gasteiger partial charge is 0.494 e. The first kappa shape index (κ1) is 15.5. The fraction of sp³-hybridized carbons (Fsp3) is 0.533. The first-order chi connectivity index (χ1) is 9.02. The number of nitrogens with zero attached hydrogens (tertiary/aromatic N) is 1. The van der Waals surface area contributed by atoms with Gasteiger partial charge in [-0.3, -0.25) is 4.79 Å². The molecule has 19 heavy (non-hydrogen) atoms. The van der Waals surface area contributed by atoms with Gasteiger partial charge in [0.25, 0.3) is 0 Å². The molecule has 0 saturated carbocycles. The summed E-state index contributed by atoms with van der Waals surface area (Å²) in [6.07, 6.45) is 0.606. The lowest BCUT2D eigenvalue weighted by Gasteiger charge is -2.18. The van der Waals surface area contributed by atoms with Gasteiger partial charge >= 0.3 is 0 Å². The van der Waals surface area contributed by atoms with Gasteiger partial charge in [0.05, 0.1) is 19.1 Å². The smallest absolute Gasteiger partial charge is 0.226 e. The van der Waals surface area contributed by atoms with Gasteiger partial charge in [-0.05, 0) is 38.0 Å². The molecule has 0 bridgehead atoms. The normalized spacial score (nSPS) is 12.0. The molecular weight excluding hydrogens is 242 g/mol. The number of aliphatic hydroxyl groups is 1. The number of ether oxygens (including phenoxy) is 1. The highest BCUT2D eigenvalue weighted by atomic mass is 16.5. The summed E-state index contributed by atoms with van der Waals surface area (Å²) in [5, 5.41) is 9.20. The zero-order valence-corrected chi connectivity index (χ0v) is 11.9. The zero-order chi connectivity index (χ0) is 14.3. The molecule has 1 aromatic rings. The summed E-state index contributed by atoms with van der Waals surface area (Å²) in [6, 6.07) is 7.57. The van der Waals surface area contributed by atoms with Crippen molar-refractivity contribution in [2.45, 2.75) is 32.8 Å². The van der Waals surface area contributed by atoms with E-state index in [2.05, 4.69) is 0 Å². The Labute approximate surface area is 115 Å². The van der Waals surface area contributed by atoms with Crippen molar-refractivity contribution in [3.05, 3.63) is 29.8 Å². The summed E-state index contributed by atoms with van der Waals surface area (Å²) in [7, 11) is 1.76. The molecule has 0 aliphatic carbocycles. The van der Waals surface area contributed by atoms with E-state index >= 15 is 0 Å². The quantitative estimate of drug-likeness (QED) is 0.818. The molecule has 0 spiro atoms. The minimum atomic E-state index is -0.374. The Hall–Kier alpha value is -1.55. The maximum Gasteiger partial charge on any atom is 0.226 e. The molecule has 1 rings (SSSR count). The molecule has 4 heteroatoms. The van der Waals surface area contributed by atoms with E-state index in [9.17, 15) is 9.90 Å². The molecule has 106 valence electrons. The number of hydrogen-bond donors (Lipinski definition) is 1. The van der Waals surface area contributed by atoms with Crippen LogP contribution in [0.15, 0.2) is 24.3 Å². The average molecular weight is 265 g/mol. The van der Waals surface area contributed by atoms with Crippen molar-refractivity contribution in [2.75, 3.05) is 20.2 Å². The summed E-state index contributed by atoms with van der Waals surface area (Å²) in [5.74, 6) is 0.881. The summed E-state index contributed by atoms with van der Waals surface area (Å²) < 4.78 is 5.36. The van der Waals surface area contributed by atoms with Crippen molar-refractivity contribution < 1.29 is 14.6 Å². The van der Waals surface area contributed by atoms with Gasteiger partial charge < -0.3 is 14.7 Å². The van der Waals surface area contributed by atoms with Gasteiger partial charge in [0.15, 0.2) is 0 Å².